The summed E-state index contributed by atoms with van der Waals surface area (Å²) < 4.78 is 4.72. The number of benzene rings is 1. The number of nitrogens with one attached hydrogen (secondary N) is 2. The van der Waals surface area contributed by atoms with Gasteiger partial charge in [0.25, 0.3) is 0 Å². The lowest BCUT2D eigenvalue weighted by atomic mass is 9.96. The predicted molar refractivity (Wildman–Crippen MR) is 86.4 cm³/mol. The van der Waals surface area contributed by atoms with E-state index < -0.39 is 0 Å². The van der Waals surface area contributed by atoms with Crippen molar-refractivity contribution in [2.45, 2.75) is 31.7 Å². The predicted octanol–water partition coefficient (Wildman–Crippen LogP) is 2.95. The number of thiocarbonyl (C=S) groups is 1. The zero-order chi connectivity index (χ0) is 14.8. The van der Waals surface area contributed by atoms with Crippen LogP contribution >= 0.6 is 12.2 Å². The molecule has 0 saturated heterocycles. The van der Waals surface area contributed by atoms with Crippen molar-refractivity contribution in [1.82, 2.24) is 5.32 Å². The third kappa shape index (κ3) is 3.18. The summed E-state index contributed by atoms with van der Waals surface area (Å²) in [5, 5.41) is 7.22. The van der Waals surface area contributed by atoms with E-state index >= 15 is 0 Å². The SMILES string of the molecule is COC(=O)c1cccc(NC(=S)N[C@H]2C[C@H]3CC[C@@H]2C3)c1. The number of hydrogen-bond donors (Lipinski definition) is 2. The summed E-state index contributed by atoms with van der Waals surface area (Å²) in [4.78, 5) is 11.5. The maximum absolute atomic E-state index is 11.5. The van der Waals surface area contributed by atoms with E-state index in [1.807, 2.05) is 12.1 Å². The maximum Gasteiger partial charge on any atom is 0.337 e. The number of methoxy groups -OCH3 is 1. The number of carbonyl (C=O) groups excluding carboxylic acids is 1. The summed E-state index contributed by atoms with van der Waals surface area (Å²) >= 11 is 5.39. The number of fused-ring (bicyclic) bond motifs is 2. The Morgan fingerprint density at radius 2 is 2.19 bits per heavy atom. The summed E-state index contributed by atoms with van der Waals surface area (Å²) in [6.45, 7) is 0. The number of anilines is 1. The zero-order valence-corrected chi connectivity index (χ0v) is 12.9. The number of ether oxygens (including phenoxy) is 1. The summed E-state index contributed by atoms with van der Waals surface area (Å²) in [5.41, 5.74) is 1.32. The van der Waals surface area contributed by atoms with Crippen LogP contribution < -0.4 is 10.6 Å². The van der Waals surface area contributed by atoms with Crippen LogP contribution in [0.15, 0.2) is 24.3 Å². The van der Waals surface area contributed by atoms with Crippen molar-refractivity contribution in [3.05, 3.63) is 29.8 Å². The molecule has 2 saturated carbocycles. The minimum atomic E-state index is -0.342. The smallest absolute Gasteiger partial charge is 0.337 e. The number of carbonyl (C=O) groups is 1. The van der Waals surface area contributed by atoms with Gasteiger partial charge in [-0.15, -0.1) is 0 Å². The molecule has 2 fully saturated rings. The van der Waals surface area contributed by atoms with Crippen LogP contribution in [-0.4, -0.2) is 24.2 Å². The Morgan fingerprint density at radius 1 is 1.33 bits per heavy atom. The molecule has 0 radical (unpaired) electrons. The van der Waals surface area contributed by atoms with Gasteiger partial charge in [0.1, 0.15) is 0 Å². The summed E-state index contributed by atoms with van der Waals surface area (Å²) in [7, 11) is 1.38. The van der Waals surface area contributed by atoms with E-state index in [9.17, 15) is 4.79 Å². The third-order valence-electron chi connectivity index (χ3n) is 4.60. The van der Waals surface area contributed by atoms with Crippen molar-refractivity contribution < 1.29 is 9.53 Å². The van der Waals surface area contributed by atoms with Crippen molar-refractivity contribution in [2.75, 3.05) is 12.4 Å². The van der Waals surface area contributed by atoms with Crippen LogP contribution in [0.3, 0.4) is 0 Å². The molecule has 2 N–H and O–H groups in total. The van der Waals surface area contributed by atoms with Crippen LogP contribution in [0, 0.1) is 11.8 Å². The number of rotatable bonds is 3. The highest BCUT2D eigenvalue weighted by Crippen LogP contribution is 2.44. The normalized spacial score (nSPS) is 26.4. The quantitative estimate of drug-likeness (QED) is 0.664. The summed E-state index contributed by atoms with van der Waals surface area (Å²) in [6, 6.07) is 7.69. The van der Waals surface area contributed by atoms with Crippen molar-refractivity contribution >= 4 is 29.0 Å². The Bertz CT molecular complexity index is 561. The highest BCUT2D eigenvalue weighted by atomic mass is 32.1. The molecule has 0 aromatic heterocycles. The van der Waals surface area contributed by atoms with Crippen molar-refractivity contribution in [1.29, 1.82) is 0 Å². The monoisotopic (exact) mass is 304 g/mol. The lowest BCUT2D eigenvalue weighted by Crippen LogP contribution is -2.40. The van der Waals surface area contributed by atoms with E-state index in [1.54, 1.807) is 12.1 Å². The second kappa shape index (κ2) is 6.02. The molecule has 1 aromatic rings. The highest BCUT2D eigenvalue weighted by Gasteiger charge is 2.39. The maximum atomic E-state index is 11.5. The fourth-order valence-electron chi connectivity index (χ4n) is 3.60. The molecule has 3 rings (SSSR count). The van der Waals surface area contributed by atoms with E-state index in [4.69, 9.17) is 17.0 Å². The van der Waals surface area contributed by atoms with Crippen LogP contribution in [-0.2, 0) is 4.74 Å². The first kappa shape index (κ1) is 14.3. The second-order valence-electron chi connectivity index (χ2n) is 5.95. The number of hydrogen-bond acceptors (Lipinski definition) is 3. The molecule has 0 aliphatic heterocycles. The molecular formula is C16H20N2O2S. The van der Waals surface area contributed by atoms with Crippen molar-refractivity contribution in [2.24, 2.45) is 11.8 Å². The average molecular weight is 304 g/mol. The Morgan fingerprint density at radius 3 is 2.86 bits per heavy atom. The largest absolute Gasteiger partial charge is 0.465 e. The van der Waals surface area contributed by atoms with Gasteiger partial charge in [-0.25, -0.2) is 4.79 Å². The molecule has 1 aromatic carbocycles. The standard InChI is InChI=1S/C16H20N2O2S/c1-20-15(19)12-3-2-4-13(9-12)17-16(21)18-14-8-10-5-6-11(14)7-10/h2-4,9-11,14H,5-8H2,1H3,(H2,17,18,21)/t10-,11+,14-/m0/s1. The molecule has 5 heteroatoms. The molecule has 0 amide bonds. The minimum Gasteiger partial charge on any atom is -0.465 e. The fraction of sp³-hybridized carbons (Fsp3) is 0.500. The molecule has 0 spiro atoms. The van der Waals surface area contributed by atoms with Crippen LogP contribution in [0.25, 0.3) is 0 Å². The highest BCUT2D eigenvalue weighted by molar-refractivity contribution is 7.80. The first-order chi connectivity index (χ1) is 10.2. The van der Waals surface area contributed by atoms with Gasteiger partial charge >= 0.3 is 5.97 Å². The van der Waals surface area contributed by atoms with Gasteiger partial charge in [-0.3, -0.25) is 0 Å². The Labute approximate surface area is 130 Å². The van der Waals surface area contributed by atoms with Gasteiger partial charge in [0, 0.05) is 11.7 Å². The first-order valence-electron chi connectivity index (χ1n) is 7.41. The van der Waals surface area contributed by atoms with Crippen LogP contribution in [0.1, 0.15) is 36.0 Å². The molecule has 0 heterocycles. The van der Waals surface area contributed by atoms with Crippen LogP contribution in [0.2, 0.25) is 0 Å². The molecule has 112 valence electrons. The van der Waals surface area contributed by atoms with E-state index in [2.05, 4.69) is 10.6 Å². The van der Waals surface area contributed by atoms with E-state index in [0.29, 0.717) is 16.7 Å². The van der Waals surface area contributed by atoms with Crippen molar-refractivity contribution in [3.8, 4) is 0 Å². The Balaban J connectivity index is 1.58. The van der Waals surface area contributed by atoms with Crippen molar-refractivity contribution in [3.63, 3.8) is 0 Å². The summed E-state index contributed by atoms with van der Waals surface area (Å²) in [5.74, 6) is 1.32. The van der Waals surface area contributed by atoms with Gasteiger partial charge < -0.3 is 15.4 Å². The molecule has 2 bridgehead atoms. The van der Waals surface area contributed by atoms with Gasteiger partial charge in [-0.05, 0) is 61.5 Å². The average Bonchev–Trinajstić information content (AvgIpc) is 3.09. The molecule has 4 nitrogen and oxygen atoms in total. The van der Waals surface area contributed by atoms with Gasteiger partial charge in [0.2, 0.25) is 0 Å². The second-order valence-corrected chi connectivity index (χ2v) is 6.36. The van der Waals surface area contributed by atoms with E-state index in [1.165, 1.54) is 32.8 Å². The van der Waals surface area contributed by atoms with Gasteiger partial charge in [-0.1, -0.05) is 12.5 Å². The third-order valence-corrected chi connectivity index (χ3v) is 4.82. The lowest BCUT2D eigenvalue weighted by Gasteiger charge is -2.24. The fourth-order valence-corrected chi connectivity index (χ4v) is 3.87. The Kier molecular flexibility index (Phi) is 4.10. The van der Waals surface area contributed by atoms with E-state index in [-0.39, 0.29) is 5.97 Å². The molecule has 0 unspecified atom stereocenters. The van der Waals surface area contributed by atoms with Crippen LogP contribution in [0.5, 0.6) is 0 Å². The zero-order valence-electron chi connectivity index (χ0n) is 12.1. The topological polar surface area (TPSA) is 50.4 Å². The molecule has 2 aliphatic rings. The van der Waals surface area contributed by atoms with E-state index in [0.717, 1.165) is 17.5 Å². The van der Waals surface area contributed by atoms with Gasteiger partial charge in [0.15, 0.2) is 5.11 Å². The lowest BCUT2D eigenvalue weighted by molar-refractivity contribution is 0.0601. The summed E-state index contributed by atoms with van der Waals surface area (Å²) in [6.07, 6.45) is 5.28. The molecule has 2 aliphatic carbocycles. The van der Waals surface area contributed by atoms with Gasteiger partial charge in [-0.2, -0.15) is 0 Å². The number of esters is 1. The van der Waals surface area contributed by atoms with Crippen LogP contribution in [0.4, 0.5) is 5.69 Å². The Hall–Kier alpha value is -1.62. The first-order valence-corrected chi connectivity index (χ1v) is 7.82. The van der Waals surface area contributed by atoms with Gasteiger partial charge in [0.05, 0.1) is 12.7 Å². The molecule has 3 atom stereocenters. The molecular weight excluding hydrogens is 284 g/mol. The molecule has 21 heavy (non-hydrogen) atoms. The minimum absolute atomic E-state index is 0.342.